The summed E-state index contributed by atoms with van der Waals surface area (Å²) in [4.78, 5) is 23.9. The average molecular weight is 242 g/mol. The van der Waals surface area contributed by atoms with Crippen LogP contribution in [0.5, 0.6) is 0 Å². The Labute approximate surface area is 102 Å². The van der Waals surface area contributed by atoms with Crippen molar-refractivity contribution in [2.24, 2.45) is 11.7 Å². The zero-order valence-electron chi connectivity index (χ0n) is 9.31. The fourth-order valence-corrected chi connectivity index (χ4v) is 2.24. The zero-order valence-corrected chi connectivity index (χ0v) is 9.31. The first kappa shape index (κ1) is 10.7. The molecule has 0 saturated heterocycles. The molecular weight excluding hydrogens is 232 g/mol. The van der Waals surface area contributed by atoms with Gasteiger partial charge in [-0.25, -0.2) is 10.9 Å². The minimum atomic E-state index is -0.507. The summed E-state index contributed by atoms with van der Waals surface area (Å²) >= 11 is 0. The Hall–Kier alpha value is -2.44. The molecule has 0 atom stereocenters. The smallest absolute Gasteiger partial charge is 0.275 e. The van der Waals surface area contributed by atoms with Gasteiger partial charge in [-0.05, 0) is 18.2 Å². The molecule has 0 aliphatic carbocycles. The van der Waals surface area contributed by atoms with Crippen molar-refractivity contribution in [3.05, 3.63) is 41.5 Å². The quantitative estimate of drug-likeness (QED) is 0.294. The number of hydrazine groups is 2. The largest absolute Gasteiger partial charge is 0.324 e. The maximum atomic E-state index is 11.9. The van der Waals surface area contributed by atoms with Gasteiger partial charge >= 0.3 is 0 Å². The Kier molecular flexibility index (Phi) is 2.09. The summed E-state index contributed by atoms with van der Waals surface area (Å²) in [6.45, 7) is 0. The number of nitrogens with one attached hydrogen (secondary N) is 1. The van der Waals surface area contributed by atoms with Gasteiger partial charge in [-0.1, -0.05) is 12.1 Å². The number of benzene rings is 2. The van der Waals surface area contributed by atoms with Crippen LogP contribution in [0.1, 0.15) is 20.7 Å². The van der Waals surface area contributed by atoms with Gasteiger partial charge in [0.2, 0.25) is 0 Å². The van der Waals surface area contributed by atoms with Gasteiger partial charge < -0.3 is 5.43 Å². The second kappa shape index (κ2) is 3.52. The number of hydrogen-bond acceptors (Lipinski definition) is 5. The van der Waals surface area contributed by atoms with E-state index in [0.29, 0.717) is 27.2 Å². The highest BCUT2D eigenvalue weighted by Gasteiger charge is 2.31. The molecule has 0 radical (unpaired) electrons. The van der Waals surface area contributed by atoms with Crippen LogP contribution in [0.25, 0.3) is 10.8 Å². The van der Waals surface area contributed by atoms with Gasteiger partial charge in [-0.15, -0.1) is 0 Å². The summed E-state index contributed by atoms with van der Waals surface area (Å²) in [5, 5.41) is 1.94. The van der Waals surface area contributed by atoms with Crippen molar-refractivity contribution >= 4 is 28.3 Å². The second-order valence-electron chi connectivity index (χ2n) is 4.01. The van der Waals surface area contributed by atoms with E-state index >= 15 is 0 Å². The summed E-state index contributed by atoms with van der Waals surface area (Å²) in [5.74, 6) is 9.88. The van der Waals surface area contributed by atoms with Gasteiger partial charge in [0.15, 0.2) is 0 Å². The van der Waals surface area contributed by atoms with E-state index < -0.39 is 11.8 Å². The predicted molar refractivity (Wildman–Crippen MR) is 66.4 cm³/mol. The molecule has 6 heteroatoms. The number of imide groups is 1. The number of nitrogens with two attached hydrogens (primary N) is 2. The molecular formula is C12H10N4O2. The Morgan fingerprint density at radius 3 is 2.33 bits per heavy atom. The third-order valence-electron chi connectivity index (χ3n) is 3.09. The first-order valence-electron chi connectivity index (χ1n) is 5.31. The van der Waals surface area contributed by atoms with Gasteiger partial charge in [-0.2, -0.15) is 0 Å². The minimum absolute atomic E-state index is 0.404. The molecule has 2 aromatic carbocycles. The lowest BCUT2D eigenvalue weighted by atomic mass is 9.94. The Morgan fingerprint density at radius 2 is 1.67 bits per heavy atom. The average Bonchev–Trinajstić information content (AvgIpc) is 2.41. The third kappa shape index (κ3) is 1.18. The lowest BCUT2D eigenvalue weighted by molar-refractivity contribution is 0.0610. The Bertz CT molecular complexity index is 674. The van der Waals surface area contributed by atoms with Gasteiger partial charge in [0.1, 0.15) is 0 Å². The molecule has 6 nitrogen and oxygen atoms in total. The number of rotatable bonds is 1. The monoisotopic (exact) mass is 242 g/mol. The molecule has 1 heterocycles. The number of amides is 2. The molecule has 0 saturated carbocycles. The van der Waals surface area contributed by atoms with E-state index in [1.54, 1.807) is 30.3 Å². The minimum Gasteiger partial charge on any atom is -0.324 e. The lowest BCUT2D eigenvalue weighted by Gasteiger charge is -2.23. The van der Waals surface area contributed by atoms with E-state index in [1.807, 2.05) is 0 Å². The molecule has 18 heavy (non-hydrogen) atoms. The van der Waals surface area contributed by atoms with Crippen LogP contribution in [-0.2, 0) is 0 Å². The van der Waals surface area contributed by atoms with Crippen LogP contribution in [-0.4, -0.2) is 16.8 Å². The van der Waals surface area contributed by atoms with Crippen LogP contribution < -0.4 is 17.1 Å². The summed E-state index contributed by atoms with van der Waals surface area (Å²) in [6, 6.07) is 8.45. The highest BCUT2D eigenvalue weighted by Crippen LogP contribution is 2.32. The van der Waals surface area contributed by atoms with E-state index in [1.165, 1.54) is 0 Å². The Morgan fingerprint density at radius 1 is 1.00 bits per heavy atom. The van der Waals surface area contributed by atoms with Crippen molar-refractivity contribution in [1.29, 1.82) is 0 Å². The van der Waals surface area contributed by atoms with Crippen LogP contribution in [0.4, 0.5) is 5.69 Å². The van der Waals surface area contributed by atoms with Gasteiger partial charge in [0, 0.05) is 10.8 Å². The predicted octanol–water partition coefficient (Wildman–Crippen LogP) is 0.595. The fraction of sp³-hybridized carbons (Fsp3) is 0. The molecule has 0 aromatic heterocycles. The molecule has 0 spiro atoms. The molecule has 2 amide bonds. The van der Waals surface area contributed by atoms with E-state index in [0.717, 1.165) is 5.39 Å². The first-order valence-corrected chi connectivity index (χ1v) is 5.31. The summed E-state index contributed by atoms with van der Waals surface area (Å²) in [5.41, 5.74) is 4.01. The second-order valence-corrected chi connectivity index (χ2v) is 4.01. The molecule has 0 unspecified atom stereocenters. The maximum Gasteiger partial charge on any atom is 0.275 e. The third-order valence-corrected chi connectivity index (χ3v) is 3.09. The normalized spacial score (nSPS) is 14.2. The highest BCUT2D eigenvalue weighted by molar-refractivity contribution is 6.26. The van der Waals surface area contributed by atoms with Crippen molar-refractivity contribution in [2.45, 2.75) is 0 Å². The topological polar surface area (TPSA) is 101 Å². The zero-order chi connectivity index (χ0) is 12.9. The van der Waals surface area contributed by atoms with Crippen molar-refractivity contribution < 1.29 is 9.59 Å². The number of hydrogen-bond donors (Lipinski definition) is 3. The number of nitrogen functional groups attached to an aromatic ring is 1. The van der Waals surface area contributed by atoms with Crippen molar-refractivity contribution in [1.82, 2.24) is 5.01 Å². The van der Waals surface area contributed by atoms with Gasteiger partial charge in [0.25, 0.3) is 11.8 Å². The maximum absolute atomic E-state index is 11.9. The molecule has 1 aliphatic rings. The van der Waals surface area contributed by atoms with Crippen molar-refractivity contribution in [2.75, 3.05) is 5.43 Å². The summed E-state index contributed by atoms with van der Waals surface area (Å²) < 4.78 is 0. The SMILES string of the molecule is NNc1ccc2c3c(cccc13)C(=O)N(N)C2=O. The van der Waals surface area contributed by atoms with E-state index in [4.69, 9.17) is 11.7 Å². The molecule has 0 fully saturated rings. The first-order chi connectivity index (χ1) is 8.65. The molecule has 5 N–H and O–H groups in total. The standard InChI is InChI=1S/C12H10N4O2/c13-15-9-5-4-8-10-6(9)2-1-3-7(10)11(17)16(14)12(8)18/h1-5,15H,13-14H2. The number of anilines is 1. The van der Waals surface area contributed by atoms with Crippen LogP contribution >= 0.6 is 0 Å². The molecule has 1 aliphatic heterocycles. The molecule has 90 valence electrons. The molecule has 3 rings (SSSR count). The summed E-state index contributed by atoms with van der Waals surface area (Å²) in [6.07, 6.45) is 0. The number of carbonyl (C=O) groups excluding carboxylic acids is 2. The van der Waals surface area contributed by atoms with Crippen LogP contribution in [0.15, 0.2) is 30.3 Å². The van der Waals surface area contributed by atoms with E-state index in [9.17, 15) is 9.59 Å². The van der Waals surface area contributed by atoms with Crippen LogP contribution in [0, 0.1) is 0 Å². The molecule has 2 aromatic rings. The van der Waals surface area contributed by atoms with Gasteiger partial charge in [-0.3, -0.25) is 15.4 Å². The van der Waals surface area contributed by atoms with E-state index in [2.05, 4.69) is 5.43 Å². The lowest BCUT2D eigenvalue weighted by Crippen LogP contribution is -2.45. The van der Waals surface area contributed by atoms with Crippen LogP contribution in [0.2, 0.25) is 0 Å². The number of nitrogens with zero attached hydrogens (tertiary/aromatic N) is 1. The van der Waals surface area contributed by atoms with Crippen molar-refractivity contribution in [3.63, 3.8) is 0 Å². The number of carbonyl (C=O) groups is 2. The summed E-state index contributed by atoms with van der Waals surface area (Å²) in [7, 11) is 0. The Balaban J connectivity index is 2.49. The fourth-order valence-electron chi connectivity index (χ4n) is 2.24. The highest BCUT2D eigenvalue weighted by atomic mass is 16.2. The molecule has 0 bridgehead atoms. The van der Waals surface area contributed by atoms with Crippen molar-refractivity contribution in [3.8, 4) is 0 Å². The van der Waals surface area contributed by atoms with Crippen LogP contribution in [0.3, 0.4) is 0 Å². The van der Waals surface area contributed by atoms with Gasteiger partial charge in [0.05, 0.1) is 16.8 Å². The van der Waals surface area contributed by atoms with E-state index in [-0.39, 0.29) is 0 Å².